The molecule has 1 fully saturated rings. The first-order valence-corrected chi connectivity index (χ1v) is 6.73. The summed E-state index contributed by atoms with van der Waals surface area (Å²) in [6, 6.07) is 0. The minimum Gasteiger partial charge on any atom is -0.292 e. The number of nitrogens with one attached hydrogen (secondary N) is 1. The Labute approximate surface area is 109 Å². The monoisotopic (exact) mass is 269 g/mol. The summed E-state index contributed by atoms with van der Waals surface area (Å²) >= 11 is 1.46. The molecule has 0 aromatic carbocycles. The molecule has 98 valence electrons. The van der Waals surface area contributed by atoms with Gasteiger partial charge in [-0.1, -0.05) is 31.0 Å². The summed E-state index contributed by atoms with van der Waals surface area (Å²) in [5, 5.41) is 11.7. The molecule has 0 unspecified atom stereocenters. The number of thioether (sulfide) groups is 1. The van der Waals surface area contributed by atoms with Crippen molar-refractivity contribution in [3.8, 4) is 0 Å². The molecule has 0 atom stereocenters. The van der Waals surface area contributed by atoms with E-state index in [0.29, 0.717) is 10.3 Å². The number of aromatic nitrogens is 2. The van der Waals surface area contributed by atoms with Crippen LogP contribution in [-0.2, 0) is 0 Å². The lowest BCUT2D eigenvalue weighted by Crippen LogP contribution is -2.13. The fourth-order valence-corrected chi connectivity index (χ4v) is 3.25. The number of hydrogen-bond acceptors (Lipinski definition) is 7. The van der Waals surface area contributed by atoms with E-state index in [1.165, 1.54) is 37.2 Å². The molecule has 1 aromatic rings. The molecule has 0 saturated heterocycles. The van der Waals surface area contributed by atoms with Crippen molar-refractivity contribution in [2.24, 2.45) is 5.84 Å². The molecule has 1 aliphatic rings. The molecule has 8 heteroatoms. The highest BCUT2D eigenvalue weighted by Gasteiger charge is 2.23. The number of nitrogens with two attached hydrogens (primary N) is 1. The molecule has 0 radical (unpaired) electrons. The Hall–Kier alpha value is -1.41. The Balaban J connectivity index is 2.19. The fraction of sp³-hybridized carbons (Fsp3) is 0.600. The first-order chi connectivity index (χ1) is 8.70. The summed E-state index contributed by atoms with van der Waals surface area (Å²) in [6.07, 6.45) is 6.97. The highest BCUT2D eigenvalue weighted by atomic mass is 32.2. The minimum absolute atomic E-state index is 0.0513. The molecule has 3 N–H and O–H groups in total. The highest BCUT2D eigenvalue weighted by Crippen LogP contribution is 2.36. The topological polar surface area (TPSA) is 107 Å². The van der Waals surface area contributed by atoms with E-state index in [4.69, 9.17) is 5.84 Å². The quantitative estimate of drug-likeness (QED) is 0.373. The zero-order valence-electron chi connectivity index (χ0n) is 9.83. The largest absolute Gasteiger partial charge is 0.319 e. The van der Waals surface area contributed by atoms with Crippen molar-refractivity contribution in [2.45, 2.75) is 42.4 Å². The van der Waals surface area contributed by atoms with Crippen molar-refractivity contribution >= 4 is 23.4 Å². The van der Waals surface area contributed by atoms with Crippen molar-refractivity contribution in [1.29, 1.82) is 0 Å². The Bertz CT molecular complexity index is 436. The van der Waals surface area contributed by atoms with Crippen molar-refractivity contribution in [3.05, 3.63) is 16.3 Å². The van der Waals surface area contributed by atoms with Crippen LogP contribution in [0.5, 0.6) is 0 Å². The predicted molar refractivity (Wildman–Crippen MR) is 69.2 cm³/mol. The van der Waals surface area contributed by atoms with E-state index >= 15 is 0 Å². The molecule has 2 rings (SSSR count). The van der Waals surface area contributed by atoms with Gasteiger partial charge in [-0.15, -0.1) is 0 Å². The third-order valence-corrected chi connectivity index (χ3v) is 4.22. The van der Waals surface area contributed by atoms with Gasteiger partial charge in [0.25, 0.3) is 0 Å². The first kappa shape index (κ1) is 13.0. The number of anilines is 1. The van der Waals surface area contributed by atoms with Crippen LogP contribution in [0.1, 0.15) is 32.1 Å². The molecular formula is C10H15N5O2S. The fourth-order valence-electron chi connectivity index (χ4n) is 1.98. The van der Waals surface area contributed by atoms with Crippen molar-refractivity contribution in [2.75, 3.05) is 5.43 Å². The van der Waals surface area contributed by atoms with Crippen LogP contribution < -0.4 is 11.3 Å². The van der Waals surface area contributed by atoms with Gasteiger partial charge < -0.3 is 0 Å². The lowest BCUT2D eigenvalue weighted by atomic mass is 10.0. The van der Waals surface area contributed by atoms with Gasteiger partial charge in [-0.05, 0) is 12.8 Å². The molecule has 0 bridgehead atoms. The summed E-state index contributed by atoms with van der Waals surface area (Å²) < 4.78 is 0. The van der Waals surface area contributed by atoms with Gasteiger partial charge in [0.1, 0.15) is 6.20 Å². The van der Waals surface area contributed by atoms with Crippen LogP contribution >= 0.6 is 11.8 Å². The second-order valence-electron chi connectivity index (χ2n) is 4.16. The highest BCUT2D eigenvalue weighted by molar-refractivity contribution is 8.00. The Kier molecular flexibility index (Phi) is 4.32. The number of rotatable bonds is 4. The number of nitrogen functional groups attached to an aromatic ring is 1. The van der Waals surface area contributed by atoms with E-state index in [-0.39, 0.29) is 11.6 Å². The van der Waals surface area contributed by atoms with Gasteiger partial charge in [-0.25, -0.2) is 10.8 Å². The maximum absolute atomic E-state index is 10.9. The molecule has 0 aliphatic heterocycles. The molecule has 1 aromatic heterocycles. The van der Waals surface area contributed by atoms with Gasteiger partial charge in [-0.3, -0.25) is 15.5 Å². The summed E-state index contributed by atoms with van der Waals surface area (Å²) in [5.74, 6) is 5.43. The number of hydrogen-bond donors (Lipinski definition) is 2. The second kappa shape index (κ2) is 5.96. The van der Waals surface area contributed by atoms with Crippen molar-refractivity contribution in [1.82, 2.24) is 9.97 Å². The van der Waals surface area contributed by atoms with Crippen molar-refractivity contribution in [3.63, 3.8) is 0 Å². The maximum Gasteiger partial charge on any atom is 0.319 e. The van der Waals surface area contributed by atoms with E-state index in [0.717, 1.165) is 12.8 Å². The average Bonchev–Trinajstić information content (AvgIpc) is 2.39. The lowest BCUT2D eigenvalue weighted by Gasteiger charge is -2.20. The Morgan fingerprint density at radius 3 is 2.78 bits per heavy atom. The third kappa shape index (κ3) is 3.08. The van der Waals surface area contributed by atoms with E-state index in [2.05, 4.69) is 15.4 Å². The maximum atomic E-state index is 10.9. The molecule has 0 spiro atoms. The van der Waals surface area contributed by atoms with Crippen LogP contribution in [0, 0.1) is 10.1 Å². The van der Waals surface area contributed by atoms with E-state index < -0.39 is 4.92 Å². The number of hydrazine groups is 1. The van der Waals surface area contributed by atoms with Gasteiger partial charge >= 0.3 is 5.69 Å². The minimum atomic E-state index is -0.453. The van der Waals surface area contributed by atoms with Gasteiger partial charge in [0.15, 0.2) is 5.03 Å². The average molecular weight is 269 g/mol. The molecule has 1 saturated carbocycles. The van der Waals surface area contributed by atoms with Crippen LogP contribution in [0.2, 0.25) is 0 Å². The number of nitrogens with zero attached hydrogens (tertiary/aromatic N) is 3. The van der Waals surface area contributed by atoms with E-state index in [9.17, 15) is 10.1 Å². The van der Waals surface area contributed by atoms with Gasteiger partial charge in [-0.2, -0.15) is 4.98 Å². The molecular weight excluding hydrogens is 254 g/mol. The molecule has 1 aliphatic carbocycles. The smallest absolute Gasteiger partial charge is 0.292 e. The summed E-state index contributed by atoms with van der Waals surface area (Å²) in [6.45, 7) is 0. The Morgan fingerprint density at radius 2 is 2.17 bits per heavy atom. The summed E-state index contributed by atoms with van der Waals surface area (Å²) in [5.41, 5.74) is 2.26. The first-order valence-electron chi connectivity index (χ1n) is 5.85. The van der Waals surface area contributed by atoms with Crippen LogP contribution in [0.25, 0.3) is 0 Å². The van der Waals surface area contributed by atoms with E-state index in [1.807, 2.05) is 0 Å². The van der Waals surface area contributed by atoms with Gasteiger partial charge in [0.05, 0.1) is 4.92 Å². The van der Waals surface area contributed by atoms with E-state index in [1.54, 1.807) is 0 Å². The second-order valence-corrected chi connectivity index (χ2v) is 5.45. The molecule has 18 heavy (non-hydrogen) atoms. The lowest BCUT2D eigenvalue weighted by molar-refractivity contribution is -0.388. The van der Waals surface area contributed by atoms with Crippen LogP contribution in [0.4, 0.5) is 11.6 Å². The summed E-state index contributed by atoms with van der Waals surface area (Å²) in [7, 11) is 0. The standard InChI is InChI=1S/C10H15N5O2S/c11-14-10-12-6-8(15(16)17)9(13-10)18-7-4-2-1-3-5-7/h6-7H,1-5,11H2,(H,12,13,14). The molecule has 0 amide bonds. The molecule has 7 nitrogen and oxygen atoms in total. The predicted octanol–water partition coefficient (Wildman–Crippen LogP) is 2.10. The van der Waals surface area contributed by atoms with Crippen LogP contribution in [0.3, 0.4) is 0 Å². The molecule has 1 heterocycles. The van der Waals surface area contributed by atoms with Crippen molar-refractivity contribution < 1.29 is 4.92 Å². The SMILES string of the molecule is NNc1ncc([N+](=O)[O-])c(SC2CCCCC2)n1. The van der Waals surface area contributed by atoms with Crippen LogP contribution in [-0.4, -0.2) is 20.1 Å². The van der Waals surface area contributed by atoms with Gasteiger partial charge in [0.2, 0.25) is 5.95 Å². The Morgan fingerprint density at radius 1 is 1.44 bits per heavy atom. The third-order valence-electron chi connectivity index (χ3n) is 2.89. The zero-order chi connectivity index (χ0) is 13.0. The summed E-state index contributed by atoms with van der Waals surface area (Å²) in [4.78, 5) is 18.3. The van der Waals surface area contributed by atoms with Crippen LogP contribution in [0.15, 0.2) is 11.2 Å². The number of nitro groups is 1. The normalized spacial score (nSPS) is 16.5. The zero-order valence-corrected chi connectivity index (χ0v) is 10.7. The van der Waals surface area contributed by atoms with Gasteiger partial charge in [0, 0.05) is 5.25 Å².